The van der Waals surface area contributed by atoms with Crippen LogP contribution in [0.15, 0.2) is 22.9 Å². The average Bonchev–Trinajstić information content (AvgIpc) is 3.13. The first kappa shape index (κ1) is 15.9. The van der Waals surface area contributed by atoms with Crippen molar-refractivity contribution in [3.05, 3.63) is 24.2 Å². The van der Waals surface area contributed by atoms with E-state index in [1.54, 1.807) is 13.1 Å². The van der Waals surface area contributed by atoms with Crippen LogP contribution in [0.25, 0.3) is 11.5 Å². The minimum absolute atomic E-state index is 0.138. The van der Waals surface area contributed by atoms with Gasteiger partial charge in [0.05, 0.1) is 11.7 Å². The minimum Gasteiger partial charge on any atom is -0.377 e. The first-order valence-corrected chi connectivity index (χ1v) is 8.06. The fourth-order valence-electron chi connectivity index (χ4n) is 3.15. The van der Waals surface area contributed by atoms with E-state index in [9.17, 15) is 0 Å². The molecule has 0 amide bonds. The van der Waals surface area contributed by atoms with Crippen molar-refractivity contribution in [2.24, 2.45) is 11.3 Å². The van der Waals surface area contributed by atoms with Crippen molar-refractivity contribution in [3.63, 3.8) is 0 Å². The highest BCUT2D eigenvalue weighted by Gasteiger charge is 2.37. The van der Waals surface area contributed by atoms with Crippen molar-refractivity contribution in [3.8, 4) is 11.5 Å². The second-order valence-corrected chi connectivity index (χ2v) is 7.13. The summed E-state index contributed by atoms with van der Waals surface area (Å²) in [5, 5.41) is 7.30. The highest BCUT2D eigenvalue weighted by molar-refractivity contribution is 5.68. The van der Waals surface area contributed by atoms with Crippen LogP contribution in [0.3, 0.4) is 0 Å². The highest BCUT2D eigenvalue weighted by atomic mass is 16.5. The zero-order valence-corrected chi connectivity index (χ0v) is 14.2. The lowest BCUT2D eigenvalue weighted by Gasteiger charge is -2.31. The van der Waals surface area contributed by atoms with E-state index in [1.165, 1.54) is 0 Å². The van der Waals surface area contributed by atoms with E-state index in [0.29, 0.717) is 17.6 Å². The van der Waals surface area contributed by atoms with Gasteiger partial charge in [0.15, 0.2) is 5.82 Å². The van der Waals surface area contributed by atoms with E-state index in [0.717, 1.165) is 31.0 Å². The molecule has 23 heavy (non-hydrogen) atoms. The van der Waals surface area contributed by atoms with Gasteiger partial charge in [0.25, 0.3) is 5.89 Å². The Morgan fingerprint density at radius 2 is 2.17 bits per heavy atom. The highest BCUT2D eigenvalue weighted by Crippen LogP contribution is 2.35. The van der Waals surface area contributed by atoms with Crippen LogP contribution in [0, 0.1) is 18.3 Å². The molecule has 3 heterocycles. The largest absolute Gasteiger partial charge is 0.377 e. The lowest BCUT2D eigenvalue weighted by molar-refractivity contribution is 0.00956. The van der Waals surface area contributed by atoms with Crippen molar-refractivity contribution in [1.82, 2.24) is 15.1 Å². The number of rotatable bonds is 4. The van der Waals surface area contributed by atoms with Gasteiger partial charge in [0, 0.05) is 25.3 Å². The van der Waals surface area contributed by atoms with E-state index in [-0.39, 0.29) is 11.5 Å². The molecule has 0 aromatic carbocycles. The van der Waals surface area contributed by atoms with Crippen LogP contribution in [0.2, 0.25) is 0 Å². The summed E-state index contributed by atoms with van der Waals surface area (Å²) < 4.78 is 11.2. The third-order valence-corrected chi connectivity index (χ3v) is 4.17. The van der Waals surface area contributed by atoms with Gasteiger partial charge in [-0.15, -0.1) is 0 Å². The molecule has 2 aromatic rings. The van der Waals surface area contributed by atoms with Crippen LogP contribution in [0.1, 0.15) is 33.0 Å². The maximum Gasteiger partial charge on any atom is 0.261 e. The molecule has 1 aliphatic rings. The third-order valence-electron chi connectivity index (χ3n) is 4.17. The summed E-state index contributed by atoms with van der Waals surface area (Å²) in [6.45, 7) is 10.1. The Morgan fingerprint density at radius 1 is 1.35 bits per heavy atom. The van der Waals surface area contributed by atoms with Gasteiger partial charge in [0.1, 0.15) is 5.82 Å². The van der Waals surface area contributed by atoms with Gasteiger partial charge >= 0.3 is 0 Å². The van der Waals surface area contributed by atoms with Gasteiger partial charge < -0.3 is 14.6 Å². The summed E-state index contributed by atoms with van der Waals surface area (Å²) in [4.78, 5) is 8.73. The number of aryl methyl sites for hydroxylation is 1. The van der Waals surface area contributed by atoms with Crippen LogP contribution < -0.4 is 5.32 Å². The molecule has 124 valence electrons. The van der Waals surface area contributed by atoms with Crippen LogP contribution in [0.4, 0.5) is 5.82 Å². The maximum absolute atomic E-state index is 5.94. The Balaban J connectivity index is 1.74. The molecule has 1 aliphatic heterocycles. The van der Waals surface area contributed by atoms with E-state index in [1.807, 2.05) is 12.1 Å². The molecule has 1 fully saturated rings. The quantitative estimate of drug-likeness (QED) is 0.933. The van der Waals surface area contributed by atoms with Crippen molar-refractivity contribution in [2.45, 2.75) is 40.2 Å². The minimum atomic E-state index is 0.138. The van der Waals surface area contributed by atoms with Crippen LogP contribution in [-0.4, -0.2) is 34.4 Å². The fraction of sp³-hybridized carbons (Fsp3) is 0.588. The molecule has 3 rings (SSSR count). The SMILES string of the molecule is Cc1noc(-c2cccnc2NC[C@H]2CCO[C@@H]2C(C)(C)C)n1. The van der Waals surface area contributed by atoms with E-state index in [2.05, 4.69) is 41.2 Å². The first-order chi connectivity index (χ1) is 10.9. The Kier molecular flexibility index (Phi) is 4.35. The van der Waals surface area contributed by atoms with Crippen LogP contribution in [0.5, 0.6) is 0 Å². The molecule has 1 N–H and O–H groups in total. The molecule has 6 heteroatoms. The molecular formula is C17H24N4O2. The normalized spacial score (nSPS) is 21.6. The van der Waals surface area contributed by atoms with E-state index >= 15 is 0 Å². The van der Waals surface area contributed by atoms with Gasteiger partial charge in [-0.2, -0.15) is 4.98 Å². The summed E-state index contributed by atoms with van der Waals surface area (Å²) in [6.07, 6.45) is 3.09. The molecule has 0 aliphatic carbocycles. The molecule has 0 spiro atoms. The summed E-state index contributed by atoms with van der Waals surface area (Å²) >= 11 is 0. The van der Waals surface area contributed by atoms with Gasteiger partial charge in [0.2, 0.25) is 0 Å². The maximum atomic E-state index is 5.94. The Hall–Kier alpha value is -1.95. The number of aromatic nitrogens is 3. The monoisotopic (exact) mass is 316 g/mol. The van der Waals surface area contributed by atoms with Gasteiger partial charge in [-0.3, -0.25) is 0 Å². The van der Waals surface area contributed by atoms with E-state index < -0.39 is 0 Å². The second-order valence-electron chi connectivity index (χ2n) is 7.13. The number of hydrogen-bond acceptors (Lipinski definition) is 6. The summed E-state index contributed by atoms with van der Waals surface area (Å²) in [6, 6.07) is 3.81. The predicted octanol–water partition coefficient (Wildman–Crippen LogP) is 3.30. The Bertz CT molecular complexity index is 663. The summed E-state index contributed by atoms with van der Waals surface area (Å²) in [5.41, 5.74) is 0.971. The van der Waals surface area contributed by atoms with Crippen molar-refractivity contribution in [2.75, 3.05) is 18.5 Å². The lowest BCUT2D eigenvalue weighted by atomic mass is 9.81. The number of nitrogens with one attached hydrogen (secondary N) is 1. The zero-order chi connectivity index (χ0) is 16.4. The Morgan fingerprint density at radius 3 is 2.87 bits per heavy atom. The molecule has 0 unspecified atom stereocenters. The average molecular weight is 316 g/mol. The van der Waals surface area contributed by atoms with Crippen molar-refractivity contribution < 1.29 is 9.26 Å². The summed E-state index contributed by atoms with van der Waals surface area (Å²) in [5.74, 6) is 2.35. The predicted molar refractivity (Wildman–Crippen MR) is 88.1 cm³/mol. The Labute approximate surface area is 136 Å². The molecule has 2 atom stereocenters. The van der Waals surface area contributed by atoms with Crippen LogP contribution >= 0.6 is 0 Å². The molecule has 1 saturated heterocycles. The zero-order valence-electron chi connectivity index (χ0n) is 14.2. The van der Waals surface area contributed by atoms with Crippen LogP contribution in [-0.2, 0) is 4.74 Å². The topological polar surface area (TPSA) is 73.1 Å². The number of ether oxygens (including phenoxy) is 1. The first-order valence-electron chi connectivity index (χ1n) is 8.06. The smallest absolute Gasteiger partial charge is 0.261 e. The second kappa shape index (κ2) is 6.28. The molecule has 0 bridgehead atoms. The number of hydrogen-bond donors (Lipinski definition) is 1. The fourth-order valence-corrected chi connectivity index (χ4v) is 3.15. The van der Waals surface area contributed by atoms with Gasteiger partial charge in [-0.1, -0.05) is 25.9 Å². The number of anilines is 1. The third kappa shape index (κ3) is 3.52. The molecule has 0 radical (unpaired) electrons. The lowest BCUT2D eigenvalue weighted by Crippen LogP contribution is -2.34. The molecule has 2 aromatic heterocycles. The van der Waals surface area contributed by atoms with Gasteiger partial charge in [-0.25, -0.2) is 4.98 Å². The number of nitrogens with zero attached hydrogens (tertiary/aromatic N) is 3. The van der Waals surface area contributed by atoms with E-state index in [4.69, 9.17) is 9.26 Å². The van der Waals surface area contributed by atoms with Gasteiger partial charge in [-0.05, 0) is 30.9 Å². The van der Waals surface area contributed by atoms with Crippen molar-refractivity contribution >= 4 is 5.82 Å². The molecule has 0 saturated carbocycles. The number of pyridine rings is 1. The van der Waals surface area contributed by atoms with Crippen molar-refractivity contribution in [1.29, 1.82) is 0 Å². The molecular weight excluding hydrogens is 292 g/mol. The standard InChI is InChI=1S/C17H24N4O2/c1-11-20-16(23-21-11)13-6-5-8-18-15(13)19-10-12-7-9-22-14(12)17(2,3)4/h5-6,8,12,14H,7,9-10H2,1-4H3,(H,18,19)/t12-,14+/m1/s1. The molecule has 6 nitrogen and oxygen atoms in total. The summed E-state index contributed by atoms with van der Waals surface area (Å²) in [7, 11) is 0.